The van der Waals surface area contributed by atoms with Gasteiger partial charge in [0.2, 0.25) is 0 Å². The number of carboxylic acid groups (broad SMARTS) is 1. The SMILES string of the molecule is CCCCC[C@H](O)/C=C/C=C\C=C\[C@@H](O)C/C=C\CCCC(=O)O. The Morgan fingerprint density at radius 2 is 1.58 bits per heavy atom. The zero-order valence-electron chi connectivity index (χ0n) is 14.7. The molecule has 0 spiro atoms. The Kier molecular flexibility index (Phi) is 15.1. The summed E-state index contributed by atoms with van der Waals surface area (Å²) in [5, 5.41) is 27.9. The van der Waals surface area contributed by atoms with Crippen LogP contribution in [0.2, 0.25) is 0 Å². The summed E-state index contributed by atoms with van der Waals surface area (Å²) in [6.07, 6.45) is 19.7. The maximum atomic E-state index is 10.3. The van der Waals surface area contributed by atoms with Gasteiger partial charge in [-0.25, -0.2) is 0 Å². The Bertz CT molecular complexity index is 421. The van der Waals surface area contributed by atoms with Crippen molar-refractivity contribution in [3.05, 3.63) is 48.6 Å². The summed E-state index contributed by atoms with van der Waals surface area (Å²) < 4.78 is 0. The smallest absolute Gasteiger partial charge is 0.303 e. The lowest BCUT2D eigenvalue weighted by molar-refractivity contribution is -0.137. The van der Waals surface area contributed by atoms with E-state index in [4.69, 9.17) is 5.11 Å². The van der Waals surface area contributed by atoms with Crippen LogP contribution in [-0.2, 0) is 4.79 Å². The molecule has 2 atom stereocenters. The molecule has 0 saturated carbocycles. The molecule has 0 amide bonds. The molecule has 24 heavy (non-hydrogen) atoms. The minimum Gasteiger partial charge on any atom is -0.481 e. The van der Waals surface area contributed by atoms with Crippen molar-refractivity contribution < 1.29 is 20.1 Å². The van der Waals surface area contributed by atoms with Crippen LogP contribution in [0.4, 0.5) is 0 Å². The molecule has 0 aliphatic heterocycles. The number of aliphatic hydroxyl groups excluding tert-OH is 2. The van der Waals surface area contributed by atoms with E-state index in [0.717, 1.165) is 25.7 Å². The number of unbranched alkanes of at least 4 members (excludes halogenated alkanes) is 3. The first-order valence-corrected chi connectivity index (χ1v) is 8.80. The van der Waals surface area contributed by atoms with Crippen molar-refractivity contribution in [2.45, 2.75) is 70.5 Å². The summed E-state index contributed by atoms with van der Waals surface area (Å²) in [7, 11) is 0. The van der Waals surface area contributed by atoms with Gasteiger partial charge >= 0.3 is 5.97 Å². The Balaban J connectivity index is 3.80. The van der Waals surface area contributed by atoms with Crippen molar-refractivity contribution >= 4 is 5.97 Å². The second-order valence-corrected chi connectivity index (χ2v) is 5.78. The van der Waals surface area contributed by atoms with Gasteiger partial charge in [-0.3, -0.25) is 4.79 Å². The normalized spacial score (nSPS) is 15.1. The molecule has 4 heteroatoms. The molecule has 0 aromatic carbocycles. The predicted octanol–water partition coefficient (Wildman–Crippen LogP) is 4.16. The molecule has 0 rings (SSSR count). The quantitative estimate of drug-likeness (QED) is 0.253. The van der Waals surface area contributed by atoms with E-state index in [0.29, 0.717) is 19.3 Å². The van der Waals surface area contributed by atoms with Gasteiger partial charge in [0.25, 0.3) is 0 Å². The maximum Gasteiger partial charge on any atom is 0.303 e. The van der Waals surface area contributed by atoms with E-state index < -0.39 is 12.1 Å². The number of hydrogen-bond donors (Lipinski definition) is 3. The molecule has 0 heterocycles. The van der Waals surface area contributed by atoms with E-state index in [1.807, 2.05) is 30.4 Å². The molecule has 0 radical (unpaired) electrons. The first-order chi connectivity index (χ1) is 11.6. The van der Waals surface area contributed by atoms with Crippen LogP contribution in [0.3, 0.4) is 0 Å². The van der Waals surface area contributed by atoms with Crippen molar-refractivity contribution in [2.24, 2.45) is 0 Å². The lowest BCUT2D eigenvalue weighted by Gasteiger charge is -2.02. The fourth-order valence-electron chi connectivity index (χ4n) is 2.02. The highest BCUT2D eigenvalue weighted by atomic mass is 16.4. The van der Waals surface area contributed by atoms with E-state index in [9.17, 15) is 15.0 Å². The summed E-state index contributed by atoms with van der Waals surface area (Å²) in [5.41, 5.74) is 0. The monoisotopic (exact) mass is 336 g/mol. The fraction of sp³-hybridized carbons (Fsp3) is 0.550. The fourth-order valence-corrected chi connectivity index (χ4v) is 2.02. The highest BCUT2D eigenvalue weighted by Crippen LogP contribution is 2.04. The number of aliphatic carboxylic acids is 1. The van der Waals surface area contributed by atoms with Crippen LogP contribution in [0, 0.1) is 0 Å². The van der Waals surface area contributed by atoms with Gasteiger partial charge < -0.3 is 15.3 Å². The molecule has 0 bridgehead atoms. The summed E-state index contributed by atoms with van der Waals surface area (Å²) in [5.74, 6) is -0.777. The lowest BCUT2D eigenvalue weighted by Crippen LogP contribution is -2.00. The minimum absolute atomic E-state index is 0.179. The van der Waals surface area contributed by atoms with Crippen LogP contribution in [0.25, 0.3) is 0 Å². The van der Waals surface area contributed by atoms with E-state index in [1.54, 1.807) is 18.2 Å². The molecular formula is C20H32O4. The van der Waals surface area contributed by atoms with E-state index >= 15 is 0 Å². The Labute approximate surface area is 145 Å². The molecule has 136 valence electrons. The minimum atomic E-state index is -0.777. The molecule has 3 N–H and O–H groups in total. The van der Waals surface area contributed by atoms with Crippen LogP contribution in [0.5, 0.6) is 0 Å². The average molecular weight is 336 g/mol. The zero-order valence-corrected chi connectivity index (χ0v) is 14.7. The first kappa shape index (κ1) is 22.4. The van der Waals surface area contributed by atoms with Gasteiger partial charge in [-0.1, -0.05) is 74.8 Å². The van der Waals surface area contributed by atoms with Gasteiger partial charge in [-0.05, 0) is 25.7 Å². The second kappa shape index (κ2) is 16.2. The number of hydrogen-bond acceptors (Lipinski definition) is 3. The molecular weight excluding hydrogens is 304 g/mol. The number of carboxylic acids is 1. The van der Waals surface area contributed by atoms with Gasteiger partial charge in [0.05, 0.1) is 12.2 Å². The van der Waals surface area contributed by atoms with Crippen LogP contribution >= 0.6 is 0 Å². The third-order valence-electron chi connectivity index (χ3n) is 3.41. The van der Waals surface area contributed by atoms with Crippen molar-refractivity contribution in [1.29, 1.82) is 0 Å². The summed E-state index contributed by atoms with van der Waals surface area (Å²) in [6, 6.07) is 0. The standard InChI is InChI=1S/C20H32O4/c1-2-3-8-13-18(21)14-9-4-5-10-15-19(22)16-11-6-7-12-17-20(23)24/h4-6,9-11,14-15,18-19,21-22H,2-3,7-8,12-13,16-17H2,1H3,(H,23,24)/b5-4-,11-6-,14-9+,15-10+/t18-,19+/m0/s1. The zero-order chi connectivity index (χ0) is 18.0. The molecule has 0 fully saturated rings. The number of allylic oxidation sites excluding steroid dienone is 5. The van der Waals surface area contributed by atoms with Gasteiger partial charge in [0.1, 0.15) is 0 Å². The van der Waals surface area contributed by atoms with Crippen molar-refractivity contribution in [1.82, 2.24) is 0 Å². The lowest BCUT2D eigenvalue weighted by atomic mass is 10.1. The maximum absolute atomic E-state index is 10.3. The number of rotatable bonds is 14. The highest BCUT2D eigenvalue weighted by molar-refractivity contribution is 5.66. The molecule has 0 unspecified atom stereocenters. The number of aliphatic hydroxyl groups is 2. The summed E-state index contributed by atoms with van der Waals surface area (Å²) in [6.45, 7) is 2.14. The highest BCUT2D eigenvalue weighted by Gasteiger charge is 1.97. The molecule has 0 aromatic rings. The molecule has 0 aliphatic rings. The van der Waals surface area contributed by atoms with Crippen LogP contribution < -0.4 is 0 Å². The largest absolute Gasteiger partial charge is 0.481 e. The van der Waals surface area contributed by atoms with Crippen LogP contribution in [0.15, 0.2) is 48.6 Å². The topological polar surface area (TPSA) is 77.8 Å². The van der Waals surface area contributed by atoms with E-state index in [-0.39, 0.29) is 12.5 Å². The molecule has 0 aromatic heterocycles. The summed E-state index contributed by atoms with van der Waals surface area (Å²) in [4.78, 5) is 10.3. The Morgan fingerprint density at radius 1 is 0.917 bits per heavy atom. The van der Waals surface area contributed by atoms with Gasteiger partial charge in [-0.15, -0.1) is 0 Å². The first-order valence-electron chi connectivity index (χ1n) is 8.80. The average Bonchev–Trinajstić information content (AvgIpc) is 2.54. The second-order valence-electron chi connectivity index (χ2n) is 5.78. The van der Waals surface area contributed by atoms with Crippen molar-refractivity contribution in [3.63, 3.8) is 0 Å². The molecule has 4 nitrogen and oxygen atoms in total. The Morgan fingerprint density at radius 3 is 2.21 bits per heavy atom. The van der Waals surface area contributed by atoms with E-state index in [1.165, 1.54) is 0 Å². The number of carbonyl (C=O) groups is 1. The molecule has 0 saturated heterocycles. The Hall–Kier alpha value is -1.65. The molecule has 0 aliphatic carbocycles. The van der Waals surface area contributed by atoms with Crippen LogP contribution in [-0.4, -0.2) is 33.5 Å². The van der Waals surface area contributed by atoms with Crippen LogP contribution in [0.1, 0.15) is 58.3 Å². The van der Waals surface area contributed by atoms with Gasteiger partial charge in [0, 0.05) is 6.42 Å². The third kappa shape index (κ3) is 16.7. The predicted molar refractivity (Wildman–Crippen MR) is 98.8 cm³/mol. The third-order valence-corrected chi connectivity index (χ3v) is 3.41. The van der Waals surface area contributed by atoms with Crippen molar-refractivity contribution in [2.75, 3.05) is 0 Å². The van der Waals surface area contributed by atoms with Gasteiger partial charge in [0.15, 0.2) is 0 Å². The van der Waals surface area contributed by atoms with Gasteiger partial charge in [-0.2, -0.15) is 0 Å². The summed E-state index contributed by atoms with van der Waals surface area (Å²) >= 11 is 0. The van der Waals surface area contributed by atoms with Crippen molar-refractivity contribution in [3.8, 4) is 0 Å². The van der Waals surface area contributed by atoms with E-state index in [2.05, 4.69) is 6.92 Å².